The van der Waals surface area contributed by atoms with Crippen LogP contribution in [0.5, 0.6) is 0 Å². The highest BCUT2D eigenvalue weighted by molar-refractivity contribution is 5.86. The van der Waals surface area contributed by atoms with E-state index in [0.29, 0.717) is 5.82 Å². The van der Waals surface area contributed by atoms with Crippen LogP contribution >= 0.6 is 0 Å². The minimum atomic E-state index is 0.632. The molecule has 0 spiro atoms. The molecule has 0 saturated heterocycles. The number of nitrogens with two attached hydrogens (primary N) is 1. The molecule has 1 aromatic carbocycles. The summed E-state index contributed by atoms with van der Waals surface area (Å²) in [6.07, 6.45) is 1.63. The summed E-state index contributed by atoms with van der Waals surface area (Å²) in [6, 6.07) is 13.7. The molecule has 2 heterocycles. The number of benzene rings is 1. The Morgan fingerprint density at radius 2 is 1.89 bits per heavy atom. The normalized spacial score (nSPS) is 10.7. The van der Waals surface area contributed by atoms with Crippen molar-refractivity contribution in [1.82, 2.24) is 9.78 Å². The van der Waals surface area contributed by atoms with Crippen molar-refractivity contribution in [2.75, 3.05) is 5.73 Å². The predicted octanol–water partition coefficient (Wildman–Crippen LogP) is 2.93. The molecule has 2 aromatic heterocycles. The molecular weight excluding hydrogens is 226 g/mol. The van der Waals surface area contributed by atoms with Crippen molar-refractivity contribution in [1.29, 1.82) is 0 Å². The Morgan fingerprint density at radius 1 is 1.11 bits per heavy atom. The van der Waals surface area contributed by atoms with Crippen LogP contribution in [-0.2, 0) is 7.05 Å². The maximum Gasteiger partial charge on any atom is 0.154 e. The fourth-order valence-electron chi connectivity index (χ4n) is 2.01. The highest BCUT2D eigenvalue weighted by Gasteiger charge is 2.18. The molecular formula is C14H13N3O. The number of hydrogen-bond acceptors (Lipinski definition) is 3. The van der Waals surface area contributed by atoms with Gasteiger partial charge in [-0.25, -0.2) is 0 Å². The van der Waals surface area contributed by atoms with Gasteiger partial charge in [0.25, 0.3) is 0 Å². The molecule has 0 aliphatic carbocycles. The largest absolute Gasteiger partial charge is 0.463 e. The second-order valence-electron chi connectivity index (χ2n) is 4.08. The number of aromatic nitrogens is 2. The fraction of sp³-hybridized carbons (Fsp3) is 0.0714. The first-order valence-corrected chi connectivity index (χ1v) is 5.69. The summed E-state index contributed by atoms with van der Waals surface area (Å²) in [7, 11) is 1.83. The minimum absolute atomic E-state index is 0.632. The van der Waals surface area contributed by atoms with Gasteiger partial charge in [0.2, 0.25) is 0 Å². The molecule has 18 heavy (non-hydrogen) atoms. The number of nitrogens with zero attached hydrogens (tertiary/aromatic N) is 2. The summed E-state index contributed by atoms with van der Waals surface area (Å²) in [6.45, 7) is 0. The van der Waals surface area contributed by atoms with E-state index in [1.54, 1.807) is 10.9 Å². The lowest BCUT2D eigenvalue weighted by molar-refractivity contribution is 0.578. The van der Waals surface area contributed by atoms with E-state index in [1.807, 2.05) is 49.5 Å². The monoisotopic (exact) mass is 239 g/mol. The molecule has 2 N–H and O–H groups in total. The van der Waals surface area contributed by atoms with Crippen molar-refractivity contribution in [2.45, 2.75) is 0 Å². The average Bonchev–Trinajstić information content (AvgIpc) is 3.00. The second kappa shape index (κ2) is 4.07. The second-order valence-corrected chi connectivity index (χ2v) is 4.08. The van der Waals surface area contributed by atoms with Crippen molar-refractivity contribution in [3.8, 4) is 22.6 Å². The zero-order valence-electron chi connectivity index (χ0n) is 10.00. The zero-order valence-corrected chi connectivity index (χ0v) is 10.00. The average molecular weight is 239 g/mol. The Kier molecular flexibility index (Phi) is 2.41. The van der Waals surface area contributed by atoms with E-state index >= 15 is 0 Å². The van der Waals surface area contributed by atoms with Crippen molar-refractivity contribution in [2.24, 2.45) is 7.05 Å². The molecule has 0 atom stereocenters. The number of aryl methyl sites for hydroxylation is 1. The van der Waals surface area contributed by atoms with Gasteiger partial charge in [-0.05, 0) is 17.7 Å². The molecule has 4 nitrogen and oxygen atoms in total. The van der Waals surface area contributed by atoms with Crippen LogP contribution in [0.25, 0.3) is 22.6 Å². The van der Waals surface area contributed by atoms with Gasteiger partial charge in [-0.3, -0.25) is 4.68 Å². The third-order valence-electron chi connectivity index (χ3n) is 2.91. The van der Waals surface area contributed by atoms with E-state index in [1.165, 1.54) is 0 Å². The Balaban J connectivity index is 2.26. The van der Waals surface area contributed by atoms with E-state index in [4.69, 9.17) is 10.2 Å². The molecule has 4 heteroatoms. The van der Waals surface area contributed by atoms with E-state index < -0.39 is 0 Å². The van der Waals surface area contributed by atoms with E-state index in [9.17, 15) is 0 Å². The van der Waals surface area contributed by atoms with Gasteiger partial charge < -0.3 is 10.2 Å². The molecule has 0 aliphatic heterocycles. The van der Waals surface area contributed by atoms with Crippen LogP contribution in [0.1, 0.15) is 0 Å². The van der Waals surface area contributed by atoms with Gasteiger partial charge in [-0.15, -0.1) is 0 Å². The van der Waals surface area contributed by atoms with Gasteiger partial charge in [-0.2, -0.15) is 5.10 Å². The van der Waals surface area contributed by atoms with Gasteiger partial charge in [0.05, 0.1) is 11.8 Å². The summed E-state index contributed by atoms with van der Waals surface area (Å²) in [5.41, 5.74) is 8.82. The van der Waals surface area contributed by atoms with Gasteiger partial charge in [0.15, 0.2) is 5.76 Å². The summed E-state index contributed by atoms with van der Waals surface area (Å²) in [5.74, 6) is 1.36. The summed E-state index contributed by atoms with van der Waals surface area (Å²) in [4.78, 5) is 0. The predicted molar refractivity (Wildman–Crippen MR) is 70.8 cm³/mol. The van der Waals surface area contributed by atoms with Crippen LogP contribution in [-0.4, -0.2) is 9.78 Å². The van der Waals surface area contributed by atoms with E-state index in [-0.39, 0.29) is 0 Å². The third kappa shape index (κ3) is 1.59. The standard InChI is InChI=1S/C14H13N3O/c1-17-14(15)12(10-6-3-2-4-7-10)13(16-17)11-8-5-9-18-11/h2-9H,15H2,1H3. The lowest BCUT2D eigenvalue weighted by atomic mass is 10.0. The highest BCUT2D eigenvalue weighted by Crippen LogP contribution is 2.35. The van der Waals surface area contributed by atoms with Crippen LogP contribution in [0, 0.1) is 0 Å². The summed E-state index contributed by atoms with van der Waals surface area (Å²) in [5, 5.41) is 4.43. The lowest BCUT2D eigenvalue weighted by Crippen LogP contribution is -1.97. The number of hydrogen-bond donors (Lipinski definition) is 1. The SMILES string of the molecule is Cn1nc(-c2ccco2)c(-c2ccccc2)c1N. The van der Waals surface area contributed by atoms with Gasteiger partial charge in [0, 0.05) is 7.05 Å². The molecule has 0 radical (unpaired) electrons. The fourth-order valence-corrected chi connectivity index (χ4v) is 2.01. The molecule has 3 aromatic rings. The quantitative estimate of drug-likeness (QED) is 0.748. The van der Waals surface area contributed by atoms with Crippen molar-refractivity contribution < 1.29 is 4.42 Å². The summed E-state index contributed by atoms with van der Waals surface area (Å²) < 4.78 is 7.09. The minimum Gasteiger partial charge on any atom is -0.463 e. The smallest absolute Gasteiger partial charge is 0.154 e. The van der Waals surface area contributed by atoms with Crippen LogP contribution in [0.3, 0.4) is 0 Å². The third-order valence-corrected chi connectivity index (χ3v) is 2.91. The number of rotatable bonds is 2. The Labute approximate surface area is 105 Å². The topological polar surface area (TPSA) is 57.0 Å². The van der Waals surface area contributed by atoms with Crippen LogP contribution in [0.2, 0.25) is 0 Å². The van der Waals surface area contributed by atoms with Crippen molar-refractivity contribution in [3.63, 3.8) is 0 Å². The number of nitrogen functional groups attached to an aromatic ring is 1. The molecule has 0 fully saturated rings. The van der Waals surface area contributed by atoms with E-state index in [0.717, 1.165) is 22.6 Å². The van der Waals surface area contributed by atoms with Crippen molar-refractivity contribution in [3.05, 3.63) is 48.7 Å². The maximum absolute atomic E-state index is 6.10. The molecule has 0 aliphatic rings. The Morgan fingerprint density at radius 3 is 2.56 bits per heavy atom. The first kappa shape index (κ1) is 10.7. The molecule has 0 unspecified atom stereocenters. The molecule has 90 valence electrons. The highest BCUT2D eigenvalue weighted by atomic mass is 16.3. The van der Waals surface area contributed by atoms with Gasteiger partial charge in [-0.1, -0.05) is 30.3 Å². The lowest BCUT2D eigenvalue weighted by Gasteiger charge is -2.02. The van der Waals surface area contributed by atoms with Crippen LogP contribution in [0.15, 0.2) is 53.1 Å². The first-order chi connectivity index (χ1) is 8.77. The molecule has 3 rings (SSSR count). The Bertz CT molecular complexity index is 654. The van der Waals surface area contributed by atoms with Gasteiger partial charge in [0.1, 0.15) is 11.5 Å². The number of furan rings is 1. The van der Waals surface area contributed by atoms with Gasteiger partial charge >= 0.3 is 0 Å². The Hall–Kier alpha value is -2.49. The van der Waals surface area contributed by atoms with Crippen LogP contribution < -0.4 is 5.73 Å². The molecule has 0 bridgehead atoms. The van der Waals surface area contributed by atoms with E-state index in [2.05, 4.69) is 5.10 Å². The van der Waals surface area contributed by atoms with Crippen LogP contribution in [0.4, 0.5) is 5.82 Å². The molecule has 0 saturated carbocycles. The zero-order chi connectivity index (χ0) is 12.5. The number of anilines is 1. The summed E-state index contributed by atoms with van der Waals surface area (Å²) >= 11 is 0. The molecule has 0 amide bonds. The van der Waals surface area contributed by atoms with Crippen molar-refractivity contribution >= 4 is 5.82 Å². The first-order valence-electron chi connectivity index (χ1n) is 5.69. The maximum atomic E-state index is 6.10.